The molecule has 0 radical (unpaired) electrons. The van der Waals surface area contributed by atoms with E-state index in [-0.39, 0.29) is 6.41 Å². The molecule has 50 valence electrons. The molecule has 1 unspecified atom stereocenters. The van der Waals surface area contributed by atoms with Gasteiger partial charge in [0.25, 0.3) is 0 Å². The van der Waals surface area contributed by atoms with E-state index in [4.69, 9.17) is 9.57 Å². The summed E-state index contributed by atoms with van der Waals surface area (Å²) >= 11 is 0. The predicted molar refractivity (Wildman–Crippen MR) is 34.4 cm³/mol. The van der Waals surface area contributed by atoms with Gasteiger partial charge in [-0.25, -0.2) is 0 Å². The van der Waals surface area contributed by atoms with Crippen LogP contribution >= 0.6 is 0 Å². The lowest BCUT2D eigenvalue weighted by Crippen LogP contribution is -1.94. The number of rotatable bonds is 0. The number of benzene rings is 1. The van der Waals surface area contributed by atoms with Crippen molar-refractivity contribution in [1.29, 1.82) is 0 Å². The molecule has 2 aliphatic rings. The van der Waals surface area contributed by atoms with Crippen molar-refractivity contribution in [2.45, 2.75) is 6.41 Å². The second-order valence-electron chi connectivity index (χ2n) is 2.32. The molecule has 1 aromatic carbocycles. The molecule has 0 spiro atoms. The molecule has 0 amide bonds. The maximum atomic E-state index is 5.28. The Balaban J connectivity index is 2.22. The molecule has 0 aromatic heterocycles. The maximum absolute atomic E-state index is 5.28. The minimum atomic E-state index is -0.127. The lowest BCUT2D eigenvalue weighted by atomic mass is 10.3. The summed E-state index contributed by atoms with van der Waals surface area (Å²) in [5.74, 6) is 0.916. The van der Waals surface area contributed by atoms with Crippen LogP contribution in [-0.4, -0.2) is 6.41 Å². The molecule has 1 fully saturated rings. The van der Waals surface area contributed by atoms with Gasteiger partial charge in [0.15, 0.2) is 5.75 Å². The van der Waals surface area contributed by atoms with Gasteiger partial charge < -0.3 is 4.74 Å². The fraction of sp³-hybridized carbons (Fsp3) is 0.143. The Morgan fingerprint density at radius 1 is 1.30 bits per heavy atom. The van der Waals surface area contributed by atoms with Crippen molar-refractivity contribution in [3.05, 3.63) is 24.3 Å². The minimum Gasteiger partial charge on any atom is -0.441 e. The molecule has 1 aromatic rings. The summed E-state index contributed by atoms with van der Waals surface area (Å²) in [5, 5.41) is 1.75. The van der Waals surface area contributed by atoms with E-state index in [1.54, 1.807) is 5.06 Å². The van der Waals surface area contributed by atoms with E-state index in [0.717, 1.165) is 11.4 Å². The van der Waals surface area contributed by atoms with Crippen molar-refractivity contribution >= 4 is 5.69 Å². The average molecular weight is 135 g/mol. The maximum Gasteiger partial charge on any atom is 0.328 e. The first-order chi connectivity index (χ1) is 4.95. The molecule has 0 bridgehead atoms. The fourth-order valence-electron chi connectivity index (χ4n) is 1.16. The highest BCUT2D eigenvalue weighted by molar-refractivity contribution is 5.62. The van der Waals surface area contributed by atoms with E-state index < -0.39 is 0 Å². The van der Waals surface area contributed by atoms with E-state index in [1.807, 2.05) is 24.3 Å². The van der Waals surface area contributed by atoms with Crippen molar-refractivity contribution in [3.63, 3.8) is 0 Å². The van der Waals surface area contributed by atoms with Gasteiger partial charge in [0.2, 0.25) is 0 Å². The Morgan fingerprint density at radius 2 is 2.20 bits per heavy atom. The molecule has 1 atom stereocenters. The van der Waals surface area contributed by atoms with Crippen molar-refractivity contribution in [3.8, 4) is 5.75 Å². The fourth-order valence-corrected chi connectivity index (χ4v) is 1.16. The Hall–Kier alpha value is -1.22. The minimum absolute atomic E-state index is 0.127. The molecular weight excluding hydrogens is 130 g/mol. The van der Waals surface area contributed by atoms with Crippen LogP contribution in [0.1, 0.15) is 0 Å². The third kappa shape index (κ3) is 0.401. The molecule has 0 aliphatic carbocycles. The standard InChI is InChI=1S/C7H5NO2/c1-2-4-6-5(3-1)8-7(9-6)10-8/h1-4,7H. The number of hydrogen-bond acceptors (Lipinski definition) is 3. The lowest BCUT2D eigenvalue weighted by molar-refractivity contribution is 0.176. The number of nitrogens with zero attached hydrogens (tertiary/aromatic N) is 1. The molecule has 3 heteroatoms. The SMILES string of the molecule is c1ccc2c(c1)OC1ON21. The summed E-state index contributed by atoms with van der Waals surface area (Å²) in [6.45, 7) is 0. The van der Waals surface area contributed by atoms with Gasteiger partial charge in [-0.15, -0.1) is 0 Å². The molecule has 2 aliphatic heterocycles. The summed E-state index contributed by atoms with van der Waals surface area (Å²) in [5.41, 5.74) is 1.03. The zero-order chi connectivity index (χ0) is 6.55. The Kier molecular flexibility index (Phi) is 0.581. The first-order valence-electron chi connectivity index (χ1n) is 3.17. The van der Waals surface area contributed by atoms with Crippen LogP contribution in [0.15, 0.2) is 24.3 Å². The van der Waals surface area contributed by atoms with E-state index in [0.29, 0.717) is 0 Å². The summed E-state index contributed by atoms with van der Waals surface area (Å²) in [4.78, 5) is 4.99. The molecule has 3 nitrogen and oxygen atoms in total. The topological polar surface area (TPSA) is 24.8 Å². The van der Waals surface area contributed by atoms with Gasteiger partial charge in [-0.2, -0.15) is 9.90 Å². The van der Waals surface area contributed by atoms with Crippen molar-refractivity contribution < 1.29 is 9.57 Å². The van der Waals surface area contributed by atoms with Gasteiger partial charge in [0, 0.05) is 0 Å². The summed E-state index contributed by atoms with van der Waals surface area (Å²) in [6.07, 6.45) is -0.127. The lowest BCUT2D eigenvalue weighted by Gasteiger charge is -1.97. The molecular formula is C7H5NO2. The third-order valence-electron chi connectivity index (χ3n) is 1.68. The number of para-hydroxylation sites is 2. The monoisotopic (exact) mass is 135 g/mol. The van der Waals surface area contributed by atoms with E-state index in [1.165, 1.54) is 0 Å². The number of hydrogen-bond donors (Lipinski definition) is 0. The number of hydroxylamine groups is 1. The Morgan fingerprint density at radius 3 is 3.10 bits per heavy atom. The second kappa shape index (κ2) is 1.27. The molecule has 2 heterocycles. The number of fused-ring (bicyclic) bond motifs is 3. The molecule has 3 rings (SSSR count). The quantitative estimate of drug-likeness (QED) is 0.498. The molecule has 1 saturated heterocycles. The predicted octanol–water partition coefficient (Wildman–Crippen LogP) is 1.11. The van der Waals surface area contributed by atoms with Crippen LogP contribution in [0.3, 0.4) is 0 Å². The van der Waals surface area contributed by atoms with Gasteiger partial charge in [-0.3, -0.25) is 0 Å². The molecule has 0 N–H and O–H groups in total. The smallest absolute Gasteiger partial charge is 0.328 e. The zero-order valence-electron chi connectivity index (χ0n) is 5.15. The van der Waals surface area contributed by atoms with Crippen LogP contribution in [0.5, 0.6) is 5.75 Å². The highest BCUT2D eigenvalue weighted by Crippen LogP contribution is 2.44. The largest absolute Gasteiger partial charge is 0.441 e. The molecule has 10 heavy (non-hydrogen) atoms. The first kappa shape index (κ1) is 4.57. The number of anilines is 1. The van der Waals surface area contributed by atoms with Gasteiger partial charge in [0.1, 0.15) is 5.69 Å². The van der Waals surface area contributed by atoms with Crippen LogP contribution in [0, 0.1) is 0 Å². The summed E-state index contributed by atoms with van der Waals surface area (Å²) in [7, 11) is 0. The van der Waals surface area contributed by atoms with Crippen LogP contribution in [0.25, 0.3) is 0 Å². The van der Waals surface area contributed by atoms with Gasteiger partial charge in [0.05, 0.1) is 0 Å². The molecule has 0 saturated carbocycles. The van der Waals surface area contributed by atoms with Crippen LogP contribution in [0.2, 0.25) is 0 Å². The van der Waals surface area contributed by atoms with Gasteiger partial charge in [-0.05, 0) is 12.1 Å². The van der Waals surface area contributed by atoms with E-state index in [9.17, 15) is 0 Å². The summed E-state index contributed by atoms with van der Waals surface area (Å²) in [6, 6.07) is 7.82. The Labute approximate surface area is 57.7 Å². The van der Waals surface area contributed by atoms with E-state index in [2.05, 4.69) is 0 Å². The second-order valence-corrected chi connectivity index (χ2v) is 2.32. The van der Waals surface area contributed by atoms with Crippen molar-refractivity contribution in [2.24, 2.45) is 0 Å². The number of ether oxygens (including phenoxy) is 1. The van der Waals surface area contributed by atoms with Crippen LogP contribution in [-0.2, 0) is 4.84 Å². The van der Waals surface area contributed by atoms with E-state index >= 15 is 0 Å². The third-order valence-corrected chi connectivity index (χ3v) is 1.68. The van der Waals surface area contributed by atoms with Gasteiger partial charge in [-0.1, -0.05) is 12.1 Å². The highest BCUT2D eigenvalue weighted by Gasteiger charge is 2.47. The summed E-state index contributed by atoms with van der Waals surface area (Å²) < 4.78 is 5.28. The van der Waals surface area contributed by atoms with Gasteiger partial charge >= 0.3 is 6.41 Å². The van der Waals surface area contributed by atoms with Crippen LogP contribution in [0.4, 0.5) is 5.69 Å². The van der Waals surface area contributed by atoms with Crippen LogP contribution < -0.4 is 9.80 Å². The average Bonchev–Trinajstić information content (AvgIpc) is 2.64. The normalized spacial score (nSPS) is 25.2. The first-order valence-corrected chi connectivity index (χ1v) is 3.17. The Bertz CT molecular complexity index is 287. The van der Waals surface area contributed by atoms with Crippen molar-refractivity contribution in [2.75, 3.05) is 5.06 Å². The van der Waals surface area contributed by atoms with Crippen molar-refractivity contribution in [1.82, 2.24) is 0 Å². The highest BCUT2D eigenvalue weighted by atomic mass is 17.0. The zero-order valence-corrected chi connectivity index (χ0v) is 5.15.